The number of rotatable bonds is 3. The Kier molecular flexibility index (Phi) is 4.74. The predicted molar refractivity (Wildman–Crippen MR) is 77.6 cm³/mol. The van der Waals surface area contributed by atoms with Crippen molar-refractivity contribution in [3.05, 3.63) is 57.8 Å². The first-order valence-corrected chi connectivity index (χ1v) is 7.15. The Hall–Kier alpha value is -0.740. The number of halogens is 3. The van der Waals surface area contributed by atoms with Crippen molar-refractivity contribution in [2.75, 3.05) is 0 Å². The molecule has 0 saturated carbocycles. The normalized spacial score (nSPS) is 12.5. The third kappa shape index (κ3) is 3.42. The van der Waals surface area contributed by atoms with Crippen LogP contribution in [0.2, 0.25) is 10.0 Å². The van der Waals surface area contributed by atoms with E-state index in [1.165, 1.54) is 17.8 Å². The van der Waals surface area contributed by atoms with Gasteiger partial charge in [0.1, 0.15) is 5.82 Å². The van der Waals surface area contributed by atoms with E-state index in [1.807, 2.05) is 0 Å². The van der Waals surface area contributed by atoms with Crippen LogP contribution in [0.4, 0.5) is 4.39 Å². The second-order valence-corrected chi connectivity index (χ2v) is 5.91. The quantitative estimate of drug-likeness (QED) is 0.825. The molecule has 1 nitrogen and oxygen atoms in total. The summed E-state index contributed by atoms with van der Waals surface area (Å²) in [6, 6.07) is 9.74. The smallest absolute Gasteiger partial charge is 0.137 e. The zero-order valence-corrected chi connectivity index (χ0v) is 12.4. The van der Waals surface area contributed by atoms with Gasteiger partial charge in [-0.2, -0.15) is 0 Å². The van der Waals surface area contributed by atoms with Gasteiger partial charge in [0, 0.05) is 4.90 Å². The first-order chi connectivity index (χ1) is 8.99. The van der Waals surface area contributed by atoms with Gasteiger partial charge in [0.05, 0.1) is 21.0 Å². The van der Waals surface area contributed by atoms with Gasteiger partial charge in [-0.3, -0.25) is 0 Å². The van der Waals surface area contributed by atoms with E-state index in [0.717, 1.165) is 4.90 Å². The molecule has 0 fully saturated rings. The van der Waals surface area contributed by atoms with Gasteiger partial charge in [-0.25, -0.2) is 4.39 Å². The van der Waals surface area contributed by atoms with Crippen molar-refractivity contribution in [3.63, 3.8) is 0 Å². The standard InChI is InChI=1S/C14H11Cl2FOS/c1-8(18)10-3-2-4-13(17)14(10)19-9-5-6-11(15)12(16)7-9/h2-8,18H,1H3. The largest absolute Gasteiger partial charge is 0.389 e. The third-order valence-corrected chi connectivity index (χ3v) is 4.42. The van der Waals surface area contributed by atoms with Crippen LogP contribution in [0.1, 0.15) is 18.6 Å². The lowest BCUT2D eigenvalue weighted by Gasteiger charge is -2.12. The highest BCUT2D eigenvalue weighted by Gasteiger charge is 2.14. The second kappa shape index (κ2) is 6.14. The van der Waals surface area contributed by atoms with Crippen molar-refractivity contribution in [3.8, 4) is 0 Å². The summed E-state index contributed by atoms with van der Waals surface area (Å²) >= 11 is 13.0. The second-order valence-electron chi connectivity index (χ2n) is 4.01. The number of aliphatic hydroxyl groups excluding tert-OH is 1. The average Bonchev–Trinajstić information content (AvgIpc) is 2.36. The molecule has 100 valence electrons. The minimum atomic E-state index is -0.735. The Labute approximate surface area is 125 Å². The van der Waals surface area contributed by atoms with E-state index < -0.39 is 6.10 Å². The highest BCUT2D eigenvalue weighted by atomic mass is 35.5. The van der Waals surface area contributed by atoms with Crippen molar-refractivity contribution >= 4 is 35.0 Å². The molecular weight excluding hydrogens is 306 g/mol. The maximum atomic E-state index is 13.9. The van der Waals surface area contributed by atoms with Crippen molar-refractivity contribution in [2.45, 2.75) is 22.8 Å². The lowest BCUT2D eigenvalue weighted by atomic mass is 10.1. The average molecular weight is 317 g/mol. The zero-order chi connectivity index (χ0) is 14.0. The first-order valence-electron chi connectivity index (χ1n) is 5.58. The molecule has 0 heterocycles. The van der Waals surface area contributed by atoms with Crippen LogP contribution in [0.15, 0.2) is 46.2 Å². The summed E-state index contributed by atoms with van der Waals surface area (Å²) in [5, 5.41) is 10.6. The molecule has 5 heteroatoms. The van der Waals surface area contributed by atoms with Crippen LogP contribution < -0.4 is 0 Å². The van der Waals surface area contributed by atoms with Gasteiger partial charge in [-0.1, -0.05) is 47.1 Å². The maximum absolute atomic E-state index is 13.9. The van der Waals surface area contributed by atoms with Gasteiger partial charge in [0.25, 0.3) is 0 Å². The maximum Gasteiger partial charge on any atom is 0.137 e. The Bertz CT molecular complexity index is 602. The summed E-state index contributed by atoms with van der Waals surface area (Å²) in [6.45, 7) is 1.60. The topological polar surface area (TPSA) is 20.2 Å². The first kappa shape index (κ1) is 14.7. The van der Waals surface area contributed by atoms with Gasteiger partial charge in [-0.15, -0.1) is 0 Å². The molecule has 0 saturated heterocycles. The van der Waals surface area contributed by atoms with E-state index in [0.29, 0.717) is 20.5 Å². The minimum Gasteiger partial charge on any atom is -0.389 e. The molecule has 0 aliphatic rings. The Morgan fingerprint density at radius 3 is 2.53 bits per heavy atom. The Morgan fingerprint density at radius 1 is 1.16 bits per heavy atom. The third-order valence-electron chi connectivity index (χ3n) is 2.56. The Morgan fingerprint density at radius 2 is 1.89 bits per heavy atom. The molecule has 2 aromatic carbocycles. The van der Waals surface area contributed by atoms with Crippen LogP contribution in [0.3, 0.4) is 0 Å². The van der Waals surface area contributed by atoms with Crippen LogP contribution in [0, 0.1) is 5.82 Å². The monoisotopic (exact) mass is 316 g/mol. The summed E-state index contributed by atoms with van der Waals surface area (Å²) in [6.07, 6.45) is -0.735. The molecule has 19 heavy (non-hydrogen) atoms. The molecule has 0 radical (unpaired) electrons. The summed E-state index contributed by atoms with van der Waals surface area (Å²) in [5.74, 6) is -0.366. The van der Waals surface area contributed by atoms with Crippen molar-refractivity contribution in [2.24, 2.45) is 0 Å². The fourth-order valence-electron chi connectivity index (χ4n) is 1.62. The van der Waals surface area contributed by atoms with Crippen molar-refractivity contribution in [1.29, 1.82) is 0 Å². The van der Waals surface area contributed by atoms with E-state index >= 15 is 0 Å². The van der Waals surface area contributed by atoms with Gasteiger partial charge < -0.3 is 5.11 Å². The number of aliphatic hydroxyl groups is 1. The molecule has 0 aromatic heterocycles. The van der Waals surface area contributed by atoms with Crippen molar-refractivity contribution in [1.82, 2.24) is 0 Å². The van der Waals surface area contributed by atoms with Gasteiger partial charge in [-0.05, 0) is 36.8 Å². The molecule has 0 spiro atoms. The van der Waals surface area contributed by atoms with Gasteiger partial charge >= 0.3 is 0 Å². The SMILES string of the molecule is CC(O)c1cccc(F)c1Sc1ccc(Cl)c(Cl)c1. The van der Waals surface area contributed by atoms with Crippen molar-refractivity contribution < 1.29 is 9.50 Å². The van der Waals surface area contributed by atoms with Crippen LogP contribution in [-0.2, 0) is 0 Å². The number of hydrogen-bond acceptors (Lipinski definition) is 2. The van der Waals surface area contributed by atoms with Crippen LogP contribution in [0.25, 0.3) is 0 Å². The summed E-state index contributed by atoms with van der Waals surface area (Å²) in [4.78, 5) is 1.16. The van der Waals surface area contributed by atoms with Gasteiger partial charge in [0.15, 0.2) is 0 Å². The summed E-state index contributed by atoms with van der Waals surface area (Å²) in [7, 11) is 0. The van der Waals surface area contributed by atoms with E-state index in [9.17, 15) is 9.50 Å². The predicted octanol–water partition coefficient (Wildman–Crippen LogP) is 5.34. The van der Waals surface area contributed by atoms with Gasteiger partial charge in [0.2, 0.25) is 0 Å². The molecule has 0 bridgehead atoms. The molecule has 0 amide bonds. The van der Waals surface area contributed by atoms with Crippen LogP contribution in [-0.4, -0.2) is 5.11 Å². The highest BCUT2D eigenvalue weighted by Crippen LogP contribution is 2.37. The number of benzene rings is 2. The molecule has 1 N–H and O–H groups in total. The molecule has 1 unspecified atom stereocenters. The van der Waals surface area contributed by atoms with E-state index in [1.54, 1.807) is 37.3 Å². The summed E-state index contributed by atoms with van der Waals surface area (Å²) in [5.41, 5.74) is 0.552. The highest BCUT2D eigenvalue weighted by molar-refractivity contribution is 7.99. The van der Waals surface area contributed by atoms with E-state index in [2.05, 4.69) is 0 Å². The fraction of sp³-hybridized carbons (Fsp3) is 0.143. The molecule has 2 aromatic rings. The minimum absolute atomic E-state index is 0.366. The van der Waals surface area contributed by atoms with E-state index in [4.69, 9.17) is 23.2 Å². The fourth-order valence-corrected chi connectivity index (χ4v) is 3.05. The van der Waals surface area contributed by atoms with Crippen LogP contribution in [0.5, 0.6) is 0 Å². The summed E-state index contributed by atoms with van der Waals surface area (Å²) < 4.78 is 13.9. The lowest BCUT2D eigenvalue weighted by molar-refractivity contribution is 0.195. The van der Waals surface area contributed by atoms with Crippen LogP contribution >= 0.6 is 35.0 Å². The van der Waals surface area contributed by atoms with E-state index in [-0.39, 0.29) is 5.82 Å². The Balaban J connectivity index is 2.40. The molecule has 0 aliphatic carbocycles. The number of hydrogen-bond donors (Lipinski definition) is 1. The molecule has 2 rings (SSSR count). The molecular formula is C14H11Cl2FOS. The zero-order valence-electron chi connectivity index (χ0n) is 10.0. The lowest BCUT2D eigenvalue weighted by Crippen LogP contribution is -1.96. The molecule has 0 aliphatic heterocycles. The molecule has 1 atom stereocenters.